The van der Waals surface area contributed by atoms with Crippen molar-refractivity contribution < 1.29 is 0 Å². The minimum atomic E-state index is 0.610. The second-order valence-electron chi connectivity index (χ2n) is 4.24. The van der Waals surface area contributed by atoms with Crippen molar-refractivity contribution in [3.8, 4) is 6.07 Å². The van der Waals surface area contributed by atoms with Crippen LogP contribution in [0.4, 0.5) is 0 Å². The van der Waals surface area contributed by atoms with Gasteiger partial charge in [-0.1, -0.05) is 13.8 Å². The van der Waals surface area contributed by atoms with Crippen molar-refractivity contribution in [1.82, 2.24) is 4.90 Å². The molecule has 0 aliphatic rings. The molecule has 1 heterocycles. The van der Waals surface area contributed by atoms with Gasteiger partial charge in [-0.15, -0.1) is 11.3 Å². The van der Waals surface area contributed by atoms with Crippen LogP contribution in [0.25, 0.3) is 0 Å². The first-order valence-corrected chi connectivity index (χ1v) is 7.06. The van der Waals surface area contributed by atoms with E-state index in [1.807, 2.05) is 0 Å². The molecule has 1 rings (SSSR count). The zero-order chi connectivity index (χ0) is 12.0. The molecule has 4 heteroatoms. The minimum Gasteiger partial charge on any atom is -0.297 e. The Morgan fingerprint density at radius 2 is 2.25 bits per heavy atom. The number of nitrogens with zero attached hydrogens (tertiary/aromatic N) is 2. The molecule has 88 valence electrons. The van der Waals surface area contributed by atoms with Gasteiger partial charge in [0.05, 0.1) is 9.86 Å². The van der Waals surface area contributed by atoms with E-state index in [4.69, 9.17) is 5.26 Å². The van der Waals surface area contributed by atoms with E-state index in [1.54, 1.807) is 11.3 Å². The largest absolute Gasteiger partial charge is 0.297 e. The molecule has 0 atom stereocenters. The number of hydrogen-bond acceptors (Lipinski definition) is 3. The lowest BCUT2D eigenvalue weighted by Gasteiger charge is -2.22. The lowest BCUT2D eigenvalue weighted by atomic mass is 10.2. The van der Waals surface area contributed by atoms with E-state index in [0.717, 1.165) is 19.6 Å². The first-order valence-electron chi connectivity index (χ1n) is 5.45. The average Bonchev–Trinajstić information content (AvgIpc) is 2.59. The van der Waals surface area contributed by atoms with Gasteiger partial charge in [0.2, 0.25) is 0 Å². The third-order valence-electron chi connectivity index (χ3n) is 2.17. The monoisotopic (exact) mass is 300 g/mol. The zero-order valence-corrected chi connectivity index (χ0v) is 12.1. The highest BCUT2D eigenvalue weighted by Crippen LogP contribution is 2.23. The van der Waals surface area contributed by atoms with E-state index in [0.29, 0.717) is 12.3 Å². The van der Waals surface area contributed by atoms with Crippen molar-refractivity contribution in [2.45, 2.75) is 26.8 Å². The van der Waals surface area contributed by atoms with Crippen molar-refractivity contribution in [2.75, 3.05) is 13.1 Å². The Labute approximate surface area is 110 Å². The number of halogens is 1. The molecule has 0 fully saturated rings. The fourth-order valence-electron chi connectivity index (χ4n) is 1.62. The Morgan fingerprint density at radius 3 is 2.75 bits per heavy atom. The van der Waals surface area contributed by atoms with E-state index in [1.165, 1.54) is 8.66 Å². The van der Waals surface area contributed by atoms with Crippen molar-refractivity contribution >= 4 is 27.3 Å². The van der Waals surface area contributed by atoms with E-state index in [-0.39, 0.29) is 0 Å². The Bertz CT molecular complexity index is 354. The molecule has 0 bridgehead atoms. The lowest BCUT2D eigenvalue weighted by Crippen LogP contribution is -2.27. The Morgan fingerprint density at radius 1 is 1.50 bits per heavy atom. The molecule has 0 aliphatic heterocycles. The second-order valence-corrected chi connectivity index (χ2v) is 6.79. The zero-order valence-electron chi connectivity index (χ0n) is 9.74. The summed E-state index contributed by atoms with van der Waals surface area (Å²) >= 11 is 5.24. The molecule has 0 radical (unpaired) electrons. The second kappa shape index (κ2) is 7.05. The maximum atomic E-state index is 8.64. The molecule has 0 aliphatic carbocycles. The van der Waals surface area contributed by atoms with Crippen LogP contribution in [0.5, 0.6) is 0 Å². The first kappa shape index (κ1) is 13.7. The Balaban J connectivity index is 2.52. The smallest absolute Gasteiger partial charge is 0.0701 e. The molecular weight excluding hydrogens is 284 g/mol. The first-order chi connectivity index (χ1) is 7.61. The van der Waals surface area contributed by atoms with Crippen LogP contribution < -0.4 is 0 Å². The summed E-state index contributed by atoms with van der Waals surface area (Å²) in [5, 5.41) is 8.64. The SMILES string of the molecule is CC(C)CN(CCC#N)Cc1ccc(Br)s1. The quantitative estimate of drug-likeness (QED) is 0.797. The van der Waals surface area contributed by atoms with Gasteiger partial charge in [-0.2, -0.15) is 5.26 Å². The van der Waals surface area contributed by atoms with Crippen LogP contribution in [0.15, 0.2) is 15.9 Å². The highest BCUT2D eigenvalue weighted by Gasteiger charge is 2.09. The number of hydrogen-bond donors (Lipinski definition) is 0. The standard InChI is InChI=1S/C12H17BrN2S/c1-10(2)8-15(7-3-6-14)9-11-4-5-12(13)16-11/h4-5,10H,3,7-9H2,1-2H3. The molecule has 0 N–H and O–H groups in total. The molecule has 0 aromatic carbocycles. The van der Waals surface area contributed by atoms with Crippen LogP contribution in [-0.4, -0.2) is 18.0 Å². The summed E-state index contributed by atoms with van der Waals surface area (Å²) in [6, 6.07) is 6.44. The third-order valence-corrected chi connectivity index (χ3v) is 3.78. The lowest BCUT2D eigenvalue weighted by molar-refractivity contribution is 0.243. The van der Waals surface area contributed by atoms with Gasteiger partial charge in [-0.3, -0.25) is 4.90 Å². The fourth-order valence-corrected chi connectivity index (χ4v) is 3.14. The molecule has 1 aromatic heterocycles. The molecule has 0 unspecified atom stereocenters. The highest BCUT2D eigenvalue weighted by atomic mass is 79.9. The van der Waals surface area contributed by atoms with E-state index in [2.05, 4.69) is 52.9 Å². The van der Waals surface area contributed by atoms with Gasteiger partial charge in [0, 0.05) is 30.9 Å². The number of thiophene rings is 1. The highest BCUT2D eigenvalue weighted by molar-refractivity contribution is 9.11. The van der Waals surface area contributed by atoms with Crippen molar-refractivity contribution in [3.05, 3.63) is 20.8 Å². The predicted molar refractivity (Wildman–Crippen MR) is 72.4 cm³/mol. The Hall–Kier alpha value is -0.370. The van der Waals surface area contributed by atoms with Crippen molar-refractivity contribution in [3.63, 3.8) is 0 Å². The summed E-state index contributed by atoms with van der Waals surface area (Å²) < 4.78 is 1.17. The van der Waals surface area contributed by atoms with Gasteiger partial charge < -0.3 is 0 Å². The molecular formula is C12H17BrN2S. The normalized spacial score (nSPS) is 11.0. The molecule has 16 heavy (non-hydrogen) atoms. The van der Waals surface area contributed by atoms with Crippen molar-refractivity contribution in [1.29, 1.82) is 5.26 Å². The van der Waals surface area contributed by atoms with Crippen molar-refractivity contribution in [2.24, 2.45) is 5.92 Å². The van der Waals surface area contributed by atoms with Gasteiger partial charge in [0.1, 0.15) is 0 Å². The maximum Gasteiger partial charge on any atom is 0.0701 e. The molecule has 0 spiro atoms. The average molecular weight is 301 g/mol. The predicted octanol–water partition coefficient (Wildman–Crippen LogP) is 3.88. The third kappa shape index (κ3) is 5.11. The topological polar surface area (TPSA) is 27.0 Å². The van der Waals surface area contributed by atoms with Gasteiger partial charge >= 0.3 is 0 Å². The molecule has 0 amide bonds. The van der Waals surface area contributed by atoms with E-state index < -0.39 is 0 Å². The summed E-state index contributed by atoms with van der Waals surface area (Å²) in [6.45, 7) is 7.30. The maximum absolute atomic E-state index is 8.64. The van der Waals surface area contributed by atoms with E-state index in [9.17, 15) is 0 Å². The van der Waals surface area contributed by atoms with Crippen LogP contribution in [-0.2, 0) is 6.54 Å². The Kier molecular flexibility index (Phi) is 6.04. The van der Waals surface area contributed by atoms with Crippen LogP contribution in [0.3, 0.4) is 0 Å². The molecule has 0 saturated carbocycles. The van der Waals surface area contributed by atoms with Gasteiger partial charge in [0.25, 0.3) is 0 Å². The van der Waals surface area contributed by atoms with Gasteiger partial charge in [0.15, 0.2) is 0 Å². The van der Waals surface area contributed by atoms with Crippen LogP contribution >= 0.6 is 27.3 Å². The fraction of sp³-hybridized carbons (Fsp3) is 0.583. The summed E-state index contributed by atoms with van der Waals surface area (Å²) in [5.41, 5.74) is 0. The number of rotatable bonds is 6. The van der Waals surface area contributed by atoms with Crippen LogP contribution in [0, 0.1) is 17.2 Å². The summed E-state index contributed by atoms with van der Waals surface area (Å²) in [6.07, 6.45) is 0.610. The van der Waals surface area contributed by atoms with Gasteiger partial charge in [-0.05, 0) is 34.0 Å². The van der Waals surface area contributed by atoms with E-state index >= 15 is 0 Å². The summed E-state index contributed by atoms with van der Waals surface area (Å²) in [5.74, 6) is 0.641. The summed E-state index contributed by atoms with van der Waals surface area (Å²) in [4.78, 5) is 3.71. The number of nitriles is 1. The molecule has 1 aromatic rings. The summed E-state index contributed by atoms with van der Waals surface area (Å²) in [7, 11) is 0. The van der Waals surface area contributed by atoms with Crippen LogP contribution in [0.1, 0.15) is 25.1 Å². The molecule has 2 nitrogen and oxygen atoms in total. The minimum absolute atomic E-state index is 0.610. The molecule has 0 saturated heterocycles. The van der Waals surface area contributed by atoms with Gasteiger partial charge in [-0.25, -0.2) is 0 Å². The van der Waals surface area contributed by atoms with Crippen LogP contribution in [0.2, 0.25) is 0 Å².